The Morgan fingerprint density at radius 1 is 1.28 bits per heavy atom. The molecule has 2 nitrogen and oxygen atoms in total. The molecule has 1 aliphatic carbocycles. The third-order valence-electron chi connectivity index (χ3n) is 4.61. The van der Waals surface area contributed by atoms with Crippen molar-refractivity contribution in [1.82, 2.24) is 0 Å². The van der Waals surface area contributed by atoms with Crippen LogP contribution in [0, 0.1) is 17.7 Å². The normalized spacial score (nSPS) is 26.7. The molecule has 98 valence electrons. The molecule has 0 radical (unpaired) electrons. The molecular formula is C15H21FN2. The summed E-state index contributed by atoms with van der Waals surface area (Å²) in [6, 6.07) is 5.19. The molecule has 0 spiro atoms. The first kappa shape index (κ1) is 12.0. The van der Waals surface area contributed by atoms with E-state index in [2.05, 4.69) is 4.90 Å². The summed E-state index contributed by atoms with van der Waals surface area (Å²) in [5, 5.41) is 0. The third-order valence-corrected chi connectivity index (χ3v) is 4.61. The number of nitrogens with two attached hydrogens (primary N) is 1. The van der Waals surface area contributed by atoms with Crippen LogP contribution in [0.4, 0.5) is 10.1 Å². The Kier molecular flexibility index (Phi) is 3.25. The molecule has 1 aliphatic heterocycles. The van der Waals surface area contributed by atoms with Gasteiger partial charge in [0.2, 0.25) is 0 Å². The van der Waals surface area contributed by atoms with Gasteiger partial charge in [0.1, 0.15) is 5.82 Å². The van der Waals surface area contributed by atoms with Gasteiger partial charge in [-0.1, -0.05) is 12.5 Å². The molecule has 2 unspecified atom stereocenters. The molecule has 1 aromatic carbocycles. The summed E-state index contributed by atoms with van der Waals surface area (Å²) in [5.74, 6) is 1.24. The van der Waals surface area contributed by atoms with E-state index in [9.17, 15) is 4.39 Å². The van der Waals surface area contributed by atoms with Crippen LogP contribution in [0.1, 0.15) is 24.8 Å². The molecule has 0 bridgehead atoms. The van der Waals surface area contributed by atoms with Crippen LogP contribution in [0.15, 0.2) is 18.2 Å². The van der Waals surface area contributed by atoms with Crippen LogP contribution in [0.2, 0.25) is 0 Å². The van der Waals surface area contributed by atoms with Crippen LogP contribution in [-0.2, 0) is 6.42 Å². The Morgan fingerprint density at radius 3 is 2.94 bits per heavy atom. The quantitative estimate of drug-likeness (QED) is 0.890. The summed E-state index contributed by atoms with van der Waals surface area (Å²) >= 11 is 0. The van der Waals surface area contributed by atoms with Gasteiger partial charge in [-0.05, 0) is 55.3 Å². The molecule has 18 heavy (non-hydrogen) atoms. The van der Waals surface area contributed by atoms with Crippen LogP contribution in [0.3, 0.4) is 0 Å². The van der Waals surface area contributed by atoms with Crippen molar-refractivity contribution in [2.45, 2.75) is 25.7 Å². The van der Waals surface area contributed by atoms with Crippen LogP contribution in [0.5, 0.6) is 0 Å². The number of anilines is 1. The van der Waals surface area contributed by atoms with E-state index >= 15 is 0 Å². The van der Waals surface area contributed by atoms with E-state index in [4.69, 9.17) is 5.73 Å². The minimum absolute atomic E-state index is 0.123. The summed E-state index contributed by atoms with van der Waals surface area (Å²) in [5.41, 5.74) is 8.24. The zero-order valence-electron chi connectivity index (χ0n) is 10.7. The van der Waals surface area contributed by atoms with Crippen molar-refractivity contribution in [1.29, 1.82) is 0 Å². The molecule has 3 rings (SSSR count). The second kappa shape index (κ2) is 4.88. The van der Waals surface area contributed by atoms with Crippen LogP contribution < -0.4 is 10.6 Å². The summed E-state index contributed by atoms with van der Waals surface area (Å²) in [6.45, 7) is 2.89. The lowest BCUT2D eigenvalue weighted by Gasteiger charge is -2.26. The maximum atomic E-state index is 13.3. The topological polar surface area (TPSA) is 29.3 Å². The van der Waals surface area contributed by atoms with E-state index in [1.54, 1.807) is 12.1 Å². The number of hydrogen-bond donors (Lipinski definition) is 1. The molecular weight excluding hydrogens is 227 g/mol. The molecule has 1 fully saturated rings. The van der Waals surface area contributed by atoms with Crippen molar-refractivity contribution in [2.24, 2.45) is 17.6 Å². The Bertz CT molecular complexity index is 433. The summed E-state index contributed by atoms with van der Waals surface area (Å²) < 4.78 is 13.3. The maximum Gasteiger partial charge on any atom is 0.125 e. The monoisotopic (exact) mass is 248 g/mol. The summed E-state index contributed by atoms with van der Waals surface area (Å²) in [4.78, 5) is 2.36. The number of rotatable bonds is 3. The molecule has 1 heterocycles. The molecule has 2 aliphatic rings. The van der Waals surface area contributed by atoms with Gasteiger partial charge in [-0.2, -0.15) is 0 Å². The average molecular weight is 248 g/mol. The van der Waals surface area contributed by atoms with Gasteiger partial charge < -0.3 is 10.6 Å². The van der Waals surface area contributed by atoms with E-state index in [0.29, 0.717) is 11.8 Å². The smallest absolute Gasteiger partial charge is 0.125 e. The first-order chi connectivity index (χ1) is 8.78. The highest BCUT2D eigenvalue weighted by atomic mass is 19.1. The second-order valence-electron chi connectivity index (χ2n) is 5.66. The zero-order valence-corrected chi connectivity index (χ0v) is 10.7. The highest BCUT2D eigenvalue weighted by Crippen LogP contribution is 2.35. The Labute approximate surface area is 108 Å². The molecule has 3 heteroatoms. The van der Waals surface area contributed by atoms with E-state index in [0.717, 1.165) is 31.7 Å². The number of halogens is 1. The van der Waals surface area contributed by atoms with Crippen molar-refractivity contribution in [3.8, 4) is 0 Å². The molecule has 0 aromatic heterocycles. The van der Waals surface area contributed by atoms with Gasteiger partial charge in [0.15, 0.2) is 0 Å². The van der Waals surface area contributed by atoms with Crippen molar-refractivity contribution in [3.63, 3.8) is 0 Å². The van der Waals surface area contributed by atoms with Gasteiger partial charge in [-0.3, -0.25) is 0 Å². The number of nitrogens with zero attached hydrogens (tertiary/aromatic N) is 1. The van der Waals surface area contributed by atoms with E-state index < -0.39 is 0 Å². The summed E-state index contributed by atoms with van der Waals surface area (Å²) in [7, 11) is 0. The second-order valence-corrected chi connectivity index (χ2v) is 5.66. The first-order valence-electron chi connectivity index (χ1n) is 7.01. The Morgan fingerprint density at radius 2 is 2.11 bits per heavy atom. The predicted molar refractivity (Wildman–Crippen MR) is 72.2 cm³/mol. The fourth-order valence-corrected chi connectivity index (χ4v) is 3.56. The zero-order chi connectivity index (χ0) is 12.5. The van der Waals surface area contributed by atoms with Crippen molar-refractivity contribution < 1.29 is 4.39 Å². The van der Waals surface area contributed by atoms with Gasteiger partial charge in [0, 0.05) is 18.8 Å². The Hall–Kier alpha value is -1.09. The van der Waals surface area contributed by atoms with Crippen LogP contribution in [-0.4, -0.2) is 19.6 Å². The lowest BCUT2D eigenvalue weighted by atomic mass is 9.95. The van der Waals surface area contributed by atoms with Gasteiger partial charge in [-0.15, -0.1) is 0 Å². The lowest BCUT2D eigenvalue weighted by molar-refractivity contribution is 0.396. The molecule has 1 aromatic rings. The van der Waals surface area contributed by atoms with E-state index in [1.807, 2.05) is 6.07 Å². The first-order valence-corrected chi connectivity index (χ1v) is 7.01. The van der Waals surface area contributed by atoms with Gasteiger partial charge >= 0.3 is 0 Å². The summed E-state index contributed by atoms with van der Waals surface area (Å²) in [6.07, 6.45) is 4.90. The molecule has 2 atom stereocenters. The number of fused-ring (bicyclic) bond motifs is 1. The number of benzene rings is 1. The van der Waals surface area contributed by atoms with Gasteiger partial charge in [-0.25, -0.2) is 4.39 Å². The Balaban J connectivity index is 1.74. The fraction of sp³-hybridized carbons (Fsp3) is 0.600. The molecule has 1 saturated carbocycles. The highest BCUT2D eigenvalue weighted by molar-refractivity contribution is 5.58. The predicted octanol–water partition coefficient (Wildman–Crippen LogP) is 2.56. The standard InChI is InChI=1S/C15H21FN2/c16-14-5-4-11-6-7-18(15(11)8-14)10-13-3-1-2-12(13)9-17/h4-5,8,12-13H,1-3,6-7,9-10,17H2. The van der Waals surface area contributed by atoms with Crippen molar-refractivity contribution in [2.75, 3.05) is 24.5 Å². The minimum atomic E-state index is -0.123. The molecule has 2 N–H and O–H groups in total. The highest BCUT2D eigenvalue weighted by Gasteiger charge is 2.30. The van der Waals surface area contributed by atoms with Gasteiger partial charge in [0.25, 0.3) is 0 Å². The minimum Gasteiger partial charge on any atom is -0.371 e. The molecule has 0 saturated heterocycles. The number of hydrogen-bond acceptors (Lipinski definition) is 2. The fourth-order valence-electron chi connectivity index (χ4n) is 3.56. The van der Waals surface area contributed by atoms with Crippen LogP contribution in [0.25, 0.3) is 0 Å². The van der Waals surface area contributed by atoms with Gasteiger partial charge in [0.05, 0.1) is 0 Å². The van der Waals surface area contributed by atoms with Crippen LogP contribution >= 0.6 is 0 Å². The average Bonchev–Trinajstić information content (AvgIpc) is 2.97. The van der Waals surface area contributed by atoms with Crippen molar-refractivity contribution >= 4 is 5.69 Å². The lowest BCUT2D eigenvalue weighted by Crippen LogP contribution is -2.32. The van der Waals surface area contributed by atoms with E-state index in [-0.39, 0.29) is 5.82 Å². The molecule has 0 amide bonds. The third kappa shape index (κ3) is 2.12. The largest absolute Gasteiger partial charge is 0.371 e. The van der Waals surface area contributed by atoms with E-state index in [1.165, 1.54) is 24.8 Å². The van der Waals surface area contributed by atoms with Crippen molar-refractivity contribution in [3.05, 3.63) is 29.6 Å². The SMILES string of the molecule is NCC1CCCC1CN1CCc2ccc(F)cc21. The maximum absolute atomic E-state index is 13.3.